The van der Waals surface area contributed by atoms with E-state index in [4.69, 9.17) is 0 Å². The fourth-order valence-corrected chi connectivity index (χ4v) is 4.01. The molecule has 1 fully saturated rings. The van der Waals surface area contributed by atoms with Crippen LogP contribution in [-0.2, 0) is 22.6 Å². The summed E-state index contributed by atoms with van der Waals surface area (Å²) in [5.74, 6) is 0.380. The van der Waals surface area contributed by atoms with Crippen LogP contribution in [0.3, 0.4) is 0 Å². The van der Waals surface area contributed by atoms with E-state index in [-0.39, 0.29) is 23.8 Å². The summed E-state index contributed by atoms with van der Waals surface area (Å²) < 4.78 is 0. The molecule has 2 aromatic carbocycles. The number of nitrogens with zero attached hydrogens (tertiary/aromatic N) is 2. The molecule has 0 spiro atoms. The predicted molar refractivity (Wildman–Crippen MR) is 116 cm³/mol. The number of benzene rings is 2. The molecule has 2 aromatic rings. The van der Waals surface area contributed by atoms with Crippen LogP contribution in [0.25, 0.3) is 0 Å². The molecule has 0 radical (unpaired) electrons. The molecule has 4 nitrogen and oxygen atoms in total. The third kappa shape index (κ3) is 5.69. The largest absolute Gasteiger partial charge is 0.342 e. The monoisotopic (exact) mass is 392 g/mol. The number of carbonyl (C=O) groups is 2. The molecule has 1 aliphatic heterocycles. The first-order valence-electron chi connectivity index (χ1n) is 10.6. The highest BCUT2D eigenvalue weighted by Crippen LogP contribution is 2.23. The summed E-state index contributed by atoms with van der Waals surface area (Å²) in [6.45, 7) is 8.16. The van der Waals surface area contributed by atoms with E-state index in [9.17, 15) is 9.59 Å². The van der Waals surface area contributed by atoms with E-state index < -0.39 is 0 Å². The second kappa shape index (κ2) is 9.73. The minimum absolute atomic E-state index is 0.00383. The van der Waals surface area contributed by atoms with Gasteiger partial charge in [-0.25, -0.2) is 0 Å². The summed E-state index contributed by atoms with van der Waals surface area (Å²) in [6, 6.07) is 18.4. The van der Waals surface area contributed by atoms with E-state index in [1.54, 1.807) is 0 Å². The SMILES string of the molecule is Cc1cccc(CC(=O)N2CCC(C(=O)N(Cc3ccccc3)C(C)C)CC2)c1. The molecule has 3 rings (SSSR count). The van der Waals surface area contributed by atoms with E-state index in [1.807, 2.05) is 53.1 Å². The van der Waals surface area contributed by atoms with Gasteiger partial charge >= 0.3 is 0 Å². The standard InChI is InChI=1S/C25H32N2O2/c1-19(2)27(18-21-9-5-4-6-10-21)25(29)23-12-14-26(15-13-23)24(28)17-22-11-7-8-20(3)16-22/h4-11,16,19,23H,12-15,17-18H2,1-3H3. The van der Waals surface area contributed by atoms with Crippen LogP contribution >= 0.6 is 0 Å². The fraction of sp³-hybridized carbons (Fsp3) is 0.440. The summed E-state index contributed by atoms with van der Waals surface area (Å²) in [5, 5.41) is 0. The van der Waals surface area contributed by atoms with Crippen molar-refractivity contribution >= 4 is 11.8 Å². The number of aryl methyl sites for hydroxylation is 1. The average molecular weight is 393 g/mol. The minimum atomic E-state index is 0.00383. The van der Waals surface area contributed by atoms with Crippen LogP contribution in [-0.4, -0.2) is 40.7 Å². The number of rotatable bonds is 6. The molecule has 0 bridgehead atoms. The molecule has 0 N–H and O–H groups in total. The second-order valence-corrected chi connectivity index (χ2v) is 8.37. The number of carbonyl (C=O) groups excluding carboxylic acids is 2. The lowest BCUT2D eigenvalue weighted by Crippen LogP contribution is -2.46. The molecular weight excluding hydrogens is 360 g/mol. The van der Waals surface area contributed by atoms with Crippen LogP contribution in [0.4, 0.5) is 0 Å². The van der Waals surface area contributed by atoms with E-state index >= 15 is 0 Å². The van der Waals surface area contributed by atoms with Crippen LogP contribution in [0.2, 0.25) is 0 Å². The van der Waals surface area contributed by atoms with E-state index in [0.29, 0.717) is 26.1 Å². The second-order valence-electron chi connectivity index (χ2n) is 8.37. The minimum Gasteiger partial charge on any atom is -0.342 e. The van der Waals surface area contributed by atoms with Gasteiger partial charge in [-0.05, 0) is 44.7 Å². The van der Waals surface area contributed by atoms with Crippen LogP contribution < -0.4 is 0 Å². The topological polar surface area (TPSA) is 40.6 Å². The van der Waals surface area contributed by atoms with Crippen LogP contribution in [0.1, 0.15) is 43.4 Å². The van der Waals surface area contributed by atoms with Crippen molar-refractivity contribution in [3.63, 3.8) is 0 Å². The summed E-state index contributed by atoms with van der Waals surface area (Å²) in [6.07, 6.45) is 1.93. The zero-order valence-corrected chi connectivity index (χ0v) is 17.8. The van der Waals surface area contributed by atoms with Crippen LogP contribution in [0.5, 0.6) is 0 Å². The molecule has 1 heterocycles. The van der Waals surface area contributed by atoms with Gasteiger partial charge in [-0.1, -0.05) is 60.2 Å². The van der Waals surface area contributed by atoms with Gasteiger partial charge < -0.3 is 9.80 Å². The Morgan fingerprint density at radius 3 is 2.28 bits per heavy atom. The van der Waals surface area contributed by atoms with Gasteiger partial charge in [0.1, 0.15) is 0 Å². The Bertz CT molecular complexity index is 824. The number of amides is 2. The highest BCUT2D eigenvalue weighted by Gasteiger charge is 2.31. The molecule has 0 aromatic heterocycles. The Morgan fingerprint density at radius 2 is 1.66 bits per heavy atom. The molecule has 0 unspecified atom stereocenters. The molecule has 4 heteroatoms. The highest BCUT2D eigenvalue weighted by molar-refractivity contribution is 5.81. The van der Waals surface area contributed by atoms with Crippen molar-refractivity contribution in [1.82, 2.24) is 9.80 Å². The zero-order chi connectivity index (χ0) is 20.8. The third-order valence-corrected chi connectivity index (χ3v) is 5.74. The van der Waals surface area contributed by atoms with Crippen molar-refractivity contribution in [2.24, 2.45) is 5.92 Å². The number of piperidine rings is 1. The van der Waals surface area contributed by atoms with Crippen molar-refractivity contribution in [3.8, 4) is 0 Å². The number of hydrogen-bond acceptors (Lipinski definition) is 2. The molecule has 0 saturated carbocycles. The zero-order valence-electron chi connectivity index (χ0n) is 17.8. The van der Waals surface area contributed by atoms with E-state index in [2.05, 4.69) is 32.0 Å². The Morgan fingerprint density at radius 1 is 1.00 bits per heavy atom. The van der Waals surface area contributed by atoms with Gasteiger partial charge in [0.2, 0.25) is 11.8 Å². The first kappa shape index (κ1) is 21.1. The van der Waals surface area contributed by atoms with E-state index in [0.717, 1.165) is 24.0 Å². The molecule has 154 valence electrons. The van der Waals surface area contributed by atoms with Crippen molar-refractivity contribution in [1.29, 1.82) is 0 Å². The fourth-order valence-electron chi connectivity index (χ4n) is 4.01. The lowest BCUT2D eigenvalue weighted by atomic mass is 9.94. The van der Waals surface area contributed by atoms with Gasteiger partial charge in [0, 0.05) is 31.6 Å². The molecule has 0 aliphatic carbocycles. The van der Waals surface area contributed by atoms with Gasteiger partial charge in [0.15, 0.2) is 0 Å². The first-order chi connectivity index (χ1) is 13.9. The van der Waals surface area contributed by atoms with Crippen molar-refractivity contribution in [2.45, 2.75) is 52.6 Å². The molecule has 1 saturated heterocycles. The smallest absolute Gasteiger partial charge is 0.226 e. The molecule has 0 atom stereocenters. The predicted octanol–water partition coefficient (Wildman–Crippen LogP) is 4.21. The van der Waals surface area contributed by atoms with E-state index in [1.165, 1.54) is 5.56 Å². The van der Waals surface area contributed by atoms with Gasteiger partial charge in [0.25, 0.3) is 0 Å². The Hall–Kier alpha value is -2.62. The maximum atomic E-state index is 13.2. The van der Waals surface area contributed by atoms with Gasteiger partial charge in [-0.2, -0.15) is 0 Å². The number of hydrogen-bond donors (Lipinski definition) is 0. The lowest BCUT2D eigenvalue weighted by Gasteiger charge is -2.36. The van der Waals surface area contributed by atoms with Crippen LogP contribution in [0.15, 0.2) is 54.6 Å². The molecular formula is C25H32N2O2. The molecule has 2 amide bonds. The average Bonchev–Trinajstić information content (AvgIpc) is 2.72. The summed E-state index contributed by atoms with van der Waals surface area (Å²) in [5.41, 5.74) is 3.38. The highest BCUT2D eigenvalue weighted by atomic mass is 16.2. The van der Waals surface area contributed by atoms with Crippen LogP contribution in [0, 0.1) is 12.8 Å². The summed E-state index contributed by atoms with van der Waals surface area (Å²) in [4.78, 5) is 29.7. The first-order valence-corrected chi connectivity index (χ1v) is 10.6. The van der Waals surface area contributed by atoms with Crippen molar-refractivity contribution in [3.05, 3.63) is 71.3 Å². The quantitative estimate of drug-likeness (QED) is 0.739. The Kier molecular flexibility index (Phi) is 7.08. The van der Waals surface area contributed by atoms with Crippen molar-refractivity contribution in [2.75, 3.05) is 13.1 Å². The Balaban J connectivity index is 1.55. The Labute approximate surface area is 174 Å². The molecule has 1 aliphatic rings. The normalized spacial score (nSPS) is 14.8. The number of likely N-dealkylation sites (tertiary alicyclic amines) is 1. The maximum Gasteiger partial charge on any atom is 0.226 e. The third-order valence-electron chi connectivity index (χ3n) is 5.74. The molecule has 29 heavy (non-hydrogen) atoms. The van der Waals surface area contributed by atoms with Gasteiger partial charge in [-0.3, -0.25) is 9.59 Å². The maximum absolute atomic E-state index is 13.2. The summed E-state index contributed by atoms with van der Waals surface area (Å²) >= 11 is 0. The lowest BCUT2D eigenvalue weighted by molar-refractivity contribution is -0.142. The summed E-state index contributed by atoms with van der Waals surface area (Å²) in [7, 11) is 0. The van der Waals surface area contributed by atoms with Crippen molar-refractivity contribution < 1.29 is 9.59 Å². The van der Waals surface area contributed by atoms with Gasteiger partial charge in [0.05, 0.1) is 6.42 Å². The van der Waals surface area contributed by atoms with Gasteiger partial charge in [-0.15, -0.1) is 0 Å².